The fourth-order valence-corrected chi connectivity index (χ4v) is 1.61. The minimum Gasteiger partial charge on any atom is -0.469 e. The van der Waals surface area contributed by atoms with Gasteiger partial charge >= 0.3 is 5.97 Å². The summed E-state index contributed by atoms with van der Waals surface area (Å²) in [7, 11) is 1.31. The highest BCUT2D eigenvalue weighted by atomic mass is 35.5. The van der Waals surface area contributed by atoms with Gasteiger partial charge < -0.3 is 10.5 Å². The van der Waals surface area contributed by atoms with E-state index < -0.39 is 6.04 Å². The molecule has 1 rings (SSSR count). The lowest BCUT2D eigenvalue weighted by atomic mass is 10.0. The van der Waals surface area contributed by atoms with Gasteiger partial charge in [-0.05, 0) is 23.8 Å². The van der Waals surface area contributed by atoms with Crippen molar-refractivity contribution < 1.29 is 9.53 Å². The highest BCUT2D eigenvalue weighted by molar-refractivity contribution is 6.33. The fraction of sp³-hybridized carbons (Fsp3) is 0.300. The van der Waals surface area contributed by atoms with Gasteiger partial charge in [0.2, 0.25) is 0 Å². The van der Waals surface area contributed by atoms with Gasteiger partial charge in [-0.15, -0.1) is 12.4 Å². The number of esters is 1. The number of nitrogens with two attached hydrogens (primary N) is 1. The van der Waals surface area contributed by atoms with Crippen LogP contribution < -0.4 is 5.73 Å². The molecule has 1 aromatic rings. The van der Waals surface area contributed by atoms with E-state index in [2.05, 4.69) is 4.74 Å². The first-order chi connectivity index (χ1) is 7.04. The van der Waals surface area contributed by atoms with Crippen LogP contribution in [0.3, 0.4) is 0 Å². The second-order valence-electron chi connectivity index (χ2n) is 3.05. The number of halogens is 3. The van der Waals surface area contributed by atoms with Gasteiger partial charge in [0.1, 0.15) is 0 Å². The third-order valence-electron chi connectivity index (χ3n) is 1.97. The molecule has 0 aliphatic carbocycles. The molecule has 0 amide bonds. The molecular formula is C10H12Cl3NO2. The number of methoxy groups -OCH3 is 1. The SMILES string of the molecule is COC(=O)C[C@H](N)c1cc(Cl)ccc1Cl.Cl. The first-order valence-electron chi connectivity index (χ1n) is 4.32. The molecule has 6 heteroatoms. The lowest BCUT2D eigenvalue weighted by Crippen LogP contribution is -2.16. The van der Waals surface area contributed by atoms with Gasteiger partial charge in [0, 0.05) is 16.1 Å². The van der Waals surface area contributed by atoms with Crippen molar-refractivity contribution in [2.24, 2.45) is 5.73 Å². The van der Waals surface area contributed by atoms with E-state index in [1.54, 1.807) is 18.2 Å². The second-order valence-corrected chi connectivity index (χ2v) is 3.90. The zero-order valence-corrected chi connectivity index (χ0v) is 10.9. The Hall–Kier alpha value is -0.480. The van der Waals surface area contributed by atoms with E-state index >= 15 is 0 Å². The molecule has 0 aliphatic rings. The minimum atomic E-state index is -0.497. The molecule has 1 aromatic carbocycles. The molecule has 0 aromatic heterocycles. The van der Waals surface area contributed by atoms with Crippen LogP contribution >= 0.6 is 35.6 Å². The predicted octanol–water partition coefficient (Wildman–Crippen LogP) is 2.98. The summed E-state index contributed by atoms with van der Waals surface area (Å²) in [6.07, 6.45) is 0.0799. The Morgan fingerprint density at radius 2 is 2.12 bits per heavy atom. The summed E-state index contributed by atoms with van der Waals surface area (Å²) in [5, 5.41) is 1.03. The smallest absolute Gasteiger partial charge is 0.307 e. The molecule has 0 bridgehead atoms. The maximum absolute atomic E-state index is 11.0. The van der Waals surface area contributed by atoms with Gasteiger partial charge in [0.15, 0.2) is 0 Å². The summed E-state index contributed by atoms with van der Waals surface area (Å²) >= 11 is 11.7. The number of ether oxygens (including phenoxy) is 1. The highest BCUT2D eigenvalue weighted by Gasteiger charge is 2.15. The van der Waals surface area contributed by atoms with Gasteiger partial charge in [-0.25, -0.2) is 0 Å². The number of benzene rings is 1. The van der Waals surface area contributed by atoms with Crippen molar-refractivity contribution in [1.29, 1.82) is 0 Å². The molecule has 0 unspecified atom stereocenters. The molecule has 0 spiro atoms. The monoisotopic (exact) mass is 283 g/mol. The molecule has 0 fully saturated rings. The zero-order chi connectivity index (χ0) is 11.4. The van der Waals surface area contributed by atoms with Crippen molar-refractivity contribution >= 4 is 41.6 Å². The van der Waals surface area contributed by atoms with E-state index in [0.29, 0.717) is 15.6 Å². The molecular weight excluding hydrogens is 272 g/mol. The zero-order valence-electron chi connectivity index (χ0n) is 8.57. The summed E-state index contributed by atoms with van der Waals surface area (Å²) in [5.41, 5.74) is 6.45. The lowest BCUT2D eigenvalue weighted by Gasteiger charge is -2.12. The Morgan fingerprint density at radius 1 is 1.50 bits per heavy atom. The van der Waals surface area contributed by atoms with Crippen LogP contribution in [0.2, 0.25) is 10.0 Å². The summed E-state index contributed by atoms with van der Waals surface area (Å²) in [5.74, 6) is -0.376. The van der Waals surface area contributed by atoms with Crippen molar-refractivity contribution in [3.63, 3.8) is 0 Å². The molecule has 1 atom stereocenters. The Morgan fingerprint density at radius 3 is 2.69 bits per heavy atom. The Labute approximate surface area is 110 Å². The number of hydrogen-bond donors (Lipinski definition) is 1. The topological polar surface area (TPSA) is 52.3 Å². The maximum Gasteiger partial charge on any atom is 0.307 e. The standard InChI is InChI=1S/C10H11Cl2NO2.ClH/c1-15-10(14)5-9(13)7-4-6(11)2-3-8(7)12;/h2-4,9H,5,13H2,1H3;1H/t9-;/m0./s1. The van der Waals surface area contributed by atoms with Gasteiger partial charge in [-0.2, -0.15) is 0 Å². The quantitative estimate of drug-likeness (QED) is 0.868. The summed E-state index contributed by atoms with van der Waals surface area (Å²) in [4.78, 5) is 11.0. The van der Waals surface area contributed by atoms with E-state index in [9.17, 15) is 4.79 Å². The third-order valence-corrected chi connectivity index (χ3v) is 2.55. The van der Waals surface area contributed by atoms with Gasteiger partial charge in [0.05, 0.1) is 13.5 Å². The Balaban J connectivity index is 0.00000225. The third kappa shape index (κ3) is 4.18. The molecule has 0 radical (unpaired) electrons. The minimum absolute atomic E-state index is 0. The predicted molar refractivity (Wildman–Crippen MR) is 67.3 cm³/mol. The molecule has 0 aliphatic heterocycles. The van der Waals surface area contributed by atoms with Gasteiger partial charge in [-0.3, -0.25) is 4.79 Å². The van der Waals surface area contributed by atoms with Crippen LogP contribution in [0.4, 0.5) is 0 Å². The van der Waals surface area contributed by atoms with E-state index in [-0.39, 0.29) is 24.8 Å². The largest absolute Gasteiger partial charge is 0.469 e. The van der Waals surface area contributed by atoms with E-state index in [1.165, 1.54) is 7.11 Å². The Kier molecular flexibility index (Phi) is 6.76. The molecule has 0 heterocycles. The van der Waals surface area contributed by atoms with Crippen molar-refractivity contribution in [3.8, 4) is 0 Å². The first kappa shape index (κ1) is 15.5. The summed E-state index contributed by atoms with van der Waals surface area (Å²) in [6.45, 7) is 0. The van der Waals surface area contributed by atoms with Crippen LogP contribution in [0.5, 0.6) is 0 Å². The van der Waals surface area contributed by atoms with Crippen molar-refractivity contribution in [2.45, 2.75) is 12.5 Å². The molecule has 16 heavy (non-hydrogen) atoms. The number of carbonyl (C=O) groups excluding carboxylic acids is 1. The van der Waals surface area contributed by atoms with Crippen LogP contribution in [0.15, 0.2) is 18.2 Å². The number of carbonyl (C=O) groups is 1. The highest BCUT2D eigenvalue weighted by Crippen LogP contribution is 2.26. The van der Waals surface area contributed by atoms with E-state index in [0.717, 1.165) is 0 Å². The first-order valence-corrected chi connectivity index (χ1v) is 5.07. The van der Waals surface area contributed by atoms with Gasteiger partial charge in [-0.1, -0.05) is 23.2 Å². The number of hydrogen-bond acceptors (Lipinski definition) is 3. The summed E-state index contributed by atoms with van der Waals surface area (Å²) in [6, 6.07) is 4.47. The normalized spacial score (nSPS) is 11.5. The van der Waals surface area contributed by atoms with E-state index in [1.807, 2.05) is 0 Å². The molecule has 0 saturated heterocycles. The molecule has 2 N–H and O–H groups in total. The van der Waals surface area contributed by atoms with Crippen LogP contribution in [0, 0.1) is 0 Å². The number of rotatable bonds is 3. The van der Waals surface area contributed by atoms with Crippen molar-refractivity contribution in [2.75, 3.05) is 7.11 Å². The molecule has 3 nitrogen and oxygen atoms in total. The maximum atomic E-state index is 11.0. The molecule has 90 valence electrons. The van der Waals surface area contributed by atoms with Crippen LogP contribution in [0.1, 0.15) is 18.0 Å². The van der Waals surface area contributed by atoms with E-state index in [4.69, 9.17) is 28.9 Å². The Bertz CT molecular complexity index is 371. The van der Waals surface area contributed by atoms with Crippen molar-refractivity contribution in [3.05, 3.63) is 33.8 Å². The van der Waals surface area contributed by atoms with Gasteiger partial charge in [0.25, 0.3) is 0 Å². The van der Waals surface area contributed by atoms with Crippen LogP contribution in [-0.4, -0.2) is 13.1 Å². The fourth-order valence-electron chi connectivity index (χ4n) is 1.17. The second kappa shape index (κ2) is 6.97. The summed E-state index contributed by atoms with van der Waals surface area (Å²) < 4.78 is 4.52. The van der Waals surface area contributed by atoms with Crippen LogP contribution in [0.25, 0.3) is 0 Å². The molecule has 0 saturated carbocycles. The lowest BCUT2D eigenvalue weighted by molar-refractivity contribution is -0.141. The van der Waals surface area contributed by atoms with Crippen LogP contribution in [-0.2, 0) is 9.53 Å². The van der Waals surface area contributed by atoms with Crippen molar-refractivity contribution in [1.82, 2.24) is 0 Å². The average Bonchev–Trinajstić information content (AvgIpc) is 2.21. The average molecular weight is 285 g/mol.